The molecule has 0 radical (unpaired) electrons. The van der Waals surface area contributed by atoms with E-state index in [1.807, 2.05) is 0 Å². The number of carbonyl (C=O) groups excluding carboxylic acids is 1. The lowest BCUT2D eigenvalue weighted by Crippen LogP contribution is -2.25. The monoisotopic (exact) mass is 348 g/mol. The van der Waals surface area contributed by atoms with Crippen LogP contribution in [0.5, 0.6) is 0 Å². The van der Waals surface area contributed by atoms with Gasteiger partial charge in [-0.2, -0.15) is 0 Å². The van der Waals surface area contributed by atoms with E-state index in [0.717, 1.165) is 13.0 Å². The van der Waals surface area contributed by atoms with Crippen LogP contribution in [0.1, 0.15) is 32.6 Å². The Morgan fingerprint density at radius 2 is 2.16 bits per heavy atom. The molecule has 136 valence electrons. The maximum Gasteiger partial charge on any atom is 0.220 e. The molecule has 0 bridgehead atoms. The summed E-state index contributed by atoms with van der Waals surface area (Å²) in [5.74, 6) is 0.895. The number of halogens is 1. The van der Waals surface area contributed by atoms with Crippen LogP contribution in [0.4, 0.5) is 4.39 Å². The molecular weight excluding hydrogens is 323 g/mol. The number of amides is 1. The highest BCUT2D eigenvalue weighted by atomic mass is 19.1. The van der Waals surface area contributed by atoms with Crippen LogP contribution in [0.15, 0.2) is 34.9 Å². The average Bonchev–Trinajstić information content (AvgIpc) is 3.05. The van der Waals surface area contributed by atoms with Crippen molar-refractivity contribution >= 4 is 5.91 Å². The third-order valence-electron chi connectivity index (χ3n) is 3.50. The summed E-state index contributed by atoms with van der Waals surface area (Å²) in [5, 5.41) is 2.84. The van der Waals surface area contributed by atoms with Gasteiger partial charge in [0.1, 0.15) is 5.82 Å². The molecule has 1 N–H and O–H groups in total. The van der Waals surface area contributed by atoms with Gasteiger partial charge in [0.05, 0.1) is 11.8 Å². The number of nitrogens with one attached hydrogen (secondary N) is 1. The number of hydrogen-bond acceptors (Lipinski definition) is 4. The molecule has 1 heterocycles. The predicted octanol–water partition coefficient (Wildman–Crippen LogP) is 3.59. The first-order valence-electron chi connectivity index (χ1n) is 8.60. The second-order valence-corrected chi connectivity index (χ2v) is 6.27. The predicted molar refractivity (Wildman–Crippen MR) is 93.5 cm³/mol. The summed E-state index contributed by atoms with van der Waals surface area (Å²) in [5.41, 5.74) is 0.368. The maximum absolute atomic E-state index is 13.7. The fourth-order valence-corrected chi connectivity index (χ4v) is 2.24. The first-order chi connectivity index (χ1) is 12.1. The fraction of sp³-hybridized carbons (Fsp3) is 0.474. The summed E-state index contributed by atoms with van der Waals surface area (Å²) in [6, 6.07) is 6.36. The molecule has 2 rings (SSSR count). The minimum absolute atomic E-state index is 0.0606. The van der Waals surface area contributed by atoms with E-state index < -0.39 is 0 Å². The average molecular weight is 348 g/mol. The second kappa shape index (κ2) is 9.93. The highest BCUT2D eigenvalue weighted by molar-refractivity contribution is 5.76. The van der Waals surface area contributed by atoms with Crippen molar-refractivity contribution in [2.45, 2.75) is 33.1 Å². The molecule has 0 aliphatic carbocycles. The zero-order chi connectivity index (χ0) is 18.1. The van der Waals surface area contributed by atoms with E-state index in [4.69, 9.17) is 9.15 Å². The zero-order valence-electron chi connectivity index (χ0n) is 14.8. The Morgan fingerprint density at radius 1 is 1.36 bits per heavy atom. The third-order valence-corrected chi connectivity index (χ3v) is 3.50. The van der Waals surface area contributed by atoms with Crippen LogP contribution in [0.25, 0.3) is 11.3 Å². The Hall–Kier alpha value is -2.21. The van der Waals surface area contributed by atoms with E-state index in [9.17, 15) is 9.18 Å². The molecule has 5 nitrogen and oxygen atoms in total. The Balaban J connectivity index is 1.68. The molecule has 0 aliphatic rings. The van der Waals surface area contributed by atoms with Crippen LogP contribution in [0.2, 0.25) is 0 Å². The quantitative estimate of drug-likeness (QED) is 0.667. The molecule has 0 spiro atoms. The molecule has 1 aromatic carbocycles. The number of nitrogens with zero attached hydrogens (tertiary/aromatic N) is 1. The molecular formula is C19H25FN2O3. The number of rotatable bonds is 10. The van der Waals surface area contributed by atoms with Gasteiger partial charge in [-0.1, -0.05) is 26.0 Å². The molecule has 25 heavy (non-hydrogen) atoms. The topological polar surface area (TPSA) is 64.4 Å². The van der Waals surface area contributed by atoms with Crippen molar-refractivity contribution in [3.8, 4) is 11.3 Å². The van der Waals surface area contributed by atoms with Gasteiger partial charge >= 0.3 is 0 Å². The van der Waals surface area contributed by atoms with Gasteiger partial charge in [-0.25, -0.2) is 9.37 Å². The number of oxazole rings is 1. The Bertz CT molecular complexity index is 670. The summed E-state index contributed by atoms with van der Waals surface area (Å²) < 4.78 is 24.7. The van der Waals surface area contributed by atoms with E-state index in [2.05, 4.69) is 24.1 Å². The van der Waals surface area contributed by atoms with Crippen LogP contribution in [0.3, 0.4) is 0 Å². The number of benzene rings is 1. The van der Waals surface area contributed by atoms with E-state index in [-0.39, 0.29) is 18.1 Å². The van der Waals surface area contributed by atoms with E-state index in [1.165, 1.54) is 12.3 Å². The minimum Gasteiger partial charge on any atom is -0.441 e. The van der Waals surface area contributed by atoms with E-state index >= 15 is 0 Å². The lowest BCUT2D eigenvalue weighted by molar-refractivity contribution is -0.121. The largest absolute Gasteiger partial charge is 0.441 e. The van der Waals surface area contributed by atoms with Crippen molar-refractivity contribution in [3.63, 3.8) is 0 Å². The van der Waals surface area contributed by atoms with Crippen molar-refractivity contribution in [2.75, 3.05) is 19.8 Å². The molecule has 0 fully saturated rings. The number of carbonyl (C=O) groups is 1. The lowest BCUT2D eigenvalue weighted by Gasteiger charge is -2.07. The van der Waals surface area contributed by atoms with Crippen LogP contribution >= 0.6 is 0 Å². The molecule has 0 saturated heterocycles. The fourth-order valence-electron chi connectivity index (χ4n) is 2.24. The molecule has 1 amide bonds. The SMILES string of the molecule is CC(C)COCCCNC(=O)CCc1ncc(-c2ccccc2F)o1. The van der Waals surface area contributed by atoms with Crippen LogP contribution in [-0.2, 0) is 16.0 Å². The van der Waals surface area contributed by atoms with E-state index in [1.54, 1.807) is 18.2 Å². The molecule has 0 atom stereocenters. The first kappa shape index (κ1) is 19.1. The van der Waals surface area contributed by atoms with Crippen molar-refractivity contribution < 1.29 is 18.3 Å². The summed E-state index contributed by atoms with van der Waals surface area (Å²) in [6.07, 6.45) is 2.93. The summed E-state index contributed by atoms with van der Waals surface area (Å²) >= 11 is 0. The van der Waals surface area contributed by atoms with Crippen molar-refractivity contribution in [1.29, 1.82) is 0 Å². The standard InChI is InChI=1S/C19H25FN2O3/c1-14(2)13-24-11-5-10-21-18(23)8-9-19-22-12-17(25-19)15-6-3-4-7-16(15)20/h3-4,6-7,12,14H,5,8-11,13H2,1-2H3,(H,21,23). The van der Waals surface area contributed by atoms with E-state index in [0.29, 0.717) is 42.7 Å². The van der Waals surface area contributed by atoms with Gasteiger partial charge in [-0.15, -0.1) is 0 Å². The van der Waals surface area contributed by atoms with Gasteiger partial charge in [-0.3, -0.25) is 4.79 Å². The summed E-state index contributed by atoms with van der Waals surface area (Å²) in [6.45, 7) is 6.17. The van der Waals surface area contributed by atoms with Crippen molar-refractivity contribution in [2.24, 2.45) is 5.92 Å². The molecule has 0 saturated carbocycles. The Kier molecular flexibility index (Phi) is 7.60. The van der Waals surface area contributed by atoms with Gasteiger partial charge in [0.2, 0.25) is 5.91 Å². The second-order valence-electron chi connectivity index (χ2n) is 6.27. The lowest BCUT2D eigenvalue weighted by atomic mass is 10.2. The van der Waals surface area contributed by atoms with Gasteiger partial charge in [0.15, 0.2) is 11.7 Å². The van der Waals surface area contributed by atoms with Gasteiger partial charge in [-0.05, 0) is 24.5 Å². The van der Waals surface area contributed by atoms with Crippen LogP contribution in [0, 0.1) is 11.7 Å². The minimum atomic E-state index is -0.359. The Labute approximate surface area is 147 Å². The van der Waals surface area contributed by atoms with Crippen molar-refractivity contribution in [3.05, 3.63) is 42.2 Å². The zero-order valence-corrected chi connectivity index (χ0v) is 14.8. The van der Waals surface area contributed by atoms with Gasteiger partial charge < -0.3 is 14.5 Å². The number of aryl methyl sites for hydroxylation is 1. The molecule has 6 heteroatoms. The maximum atomic E-state index is 13.7. The Morgan fingerprint density at radius 3 is 2.92 bits per heavy atom. The molecule has 2 aromatic rings. The van der Waals surface area contributed by atoms with Crippen LogP contribution in [-0.4, -0.2) is 30.6 Å². The number of hydrogen-bond donors (Lipinski definition) is 1. The summed E-state index contributed by atoms with van der Waals surface area (Å²) in [7, 11) is 0. The molecule has 0 unspecified atom stereocenters. The van der Waals surface area contributed by atoms with Gasteiger partial charge in [0, 0.05) is 32.6 Å². The molecule has 0 aliphatic heterocycles. The highest BCUT2D eigenvalue weighted by Crippen LogP contribution is 2.23. The number of aromatic nitrogens is 1. The normalized spacial score (nSPS) is 11.0. The third kappa shape index (κ3) is 6.66. The van der Waals surface area contributed by atoms with Crippen molar-refractivity contribution in [1.82, 2.24) is 10.3 Å². The first-order valence-corrected chi connectivity index (χ1v) is 8.60. The number of ether oxygens (including phenoxy) is 1. The highest BCUT2D eigenvalue weighted by Gasteiger charge is 2.11. The van der Waals surface area contributed by atoms with Crippen LogP contribution < -0.4 is 5.32 Å². The summed E-state index contributed by atoms with van der Waals surface area (Å²) in [4.78, 5) is 15.9. The smallest absolute Gasteiger partial charge is 0.220 e. The van der Waals surface area contributed by atoms with Gasteiger partial charge in [0.25, 0.3) is 0 Å². The molecule has 1 aromatic heterocycles.